The highest BCUT2D eigenvalue weighted by atomic mass is 16.5. The van der Waals surface area contributed by atoms with Gasteiger partial charge in [-0.2, -0.15) is 0 Å². The maximum atomic E-state index is 12.8. The third-order valence-electron chi connectivity index (χ3n) is 4.59. The Labute approximate surface area is 131 Å². The second-order valence-corrected chi connectivity index (χ2v) is 5.93. The molecule has 120 valence electrons. The van der Waals surface area contributed by atoms with Gasteiger partial charge in [0, 0.05) is 45.2 Å². The molecule has 2 unspecified atom stereocenters. The number of carbonyl (C=O) groups excluding carboxylic acids is 1. The molecule has 1 aromatic rings. The van der Waals surface area contributed by atoms with Gasteiger partial charge in [0.25, 0.3) is 0 Å². The van der Waals surface area contributed by atoms with Crippen molar-refractivity contribution in [3.8, 4) is 0 Å². The molecule has 2 aliphatic heterocycles. The Hall–Kier alpha value is -1.69. The van der Waals surface area contributed by atoms with E-state index in [0.29, 0.717) is 0 Å². The second-order valence-electron chi connectivity index (χ2n) is 5.93. The predicted octanol–water partition coefficient (Wildman–Crippen LogP) is 1.33. The highest BCUT2D eigenvalue weighted by Gasteiger charge is 2.34. The minimum absolute atomic E-state index is 0.0401. The van der Waals surface area contributed by atoms with E-state index in [2.05, 4.69) is 21.8 Å². The van der Waals surface area contributed by atoms with Gasteiger partial charge in [0.1, 0.15) is 0 Å². The molecule has 0 spiro atoms. The van der Waals surface area contributed by atoms with Crippen LogP contribution in [0, 0.1) is 5.92 Å². The fraction of sp³-hybridized carbons (Fsp3) is 0.688. The second kappa shape index (κ2) is 7.05. The summed E-state index contributed by atoms with van der Waals surface area (Å²) in [5.74, 6) is 1.06. The Morgan fingerprint density at radius 2 is 2.00 bits per heavy atom. The summed E-state index contributed by atoms with van der Waals surface area (Å²) in [6.45, 7) is 5.96. The zero-order valence-corrected chi connectivity index (χ0v) is 13.1. The van der Waals surface area contributed by atoms with Gasteiger partial charge in [0.05, 0.1) is 12.0 Å². The van der Waals surface area contributed by atoms with Crippen molar-refractivity contribution in [2.75, 3.05) is 37.7 Å². The van der Waals surface area contributed by atoms with E-state index in [1.54, 1.807) is 12.4 Å². The number of aromatic nitrogens is 2. The summed E-state index contributed by atoms with van der Waals surface area (Å²) in [7, 11) is 0. The van der Waals surface area contributed by atoms with Crippen molar-refractivity contribution in [3.63, 3.8) is 0 Å². The van der Waals surface area contributed by atoms with Crippen molar-refractivity contribution < 1.29 is 9.53 Å². The molecule has 2 fully saturated rings. The molecule has 0 saturated carbocycles. The molecular weight excluding hydrogens is 280 g/mol. The smallest absolute Gasteiger partial charge is 0.228 e. The fourth-order valence-corrected chi connectivity index (χ4v) is 3.34. The van der Waals surface area contributed by atoms with Crippen LogP contribution in [0.4, 0.5) is 5.95 Å². The lowest BCUT2D eigenvalue weighted by atomic mass is 9.91. The van der Waals surface area contributed by atoms with Gasteiger partial charge in [-0.15, -0.1) is 0 Å². The van der Waals surface area contributed by atoms with Crippen molar-refractivity contribution in [1.82, 2.24) is 14.9 Å². The minimum Gasteiger partial charge on any atom is -0.377 e. The molecule has 3 rings (SSSR count). The maximum Gasteiger partial charge on any atom is 0.228 e. The normalized spacial score (nSPS) is 26.0. The molecule has 0 N–H and O–H groups in total. The molecule has 0 bridgehead atoms. The molecule has 3 heterocycles. The van der Waals surface area contributed by atoms with E-state index in [1.807, 2.05) is 11.0 Å². The van der Waals surface area contributed by atoms with Crippen molar-refractivity contribution in [1.29, 1.82) is 0 Å². The molecule has 6 heteroatoms. The first kappa shape index (κ1) is 15.2. The summed E-state index contributed by atoms with van der Waals surface area (Å²) < 4.78 is 5.76. The number of hydrogen-bond acceptors (Lipinski definition) is 5. The third kappa shape index (κ3) is 3.21. The van der Waals surface area contributed by atoms with Crippen LogP contribution in [-0.2, 0) is 9.53 Å². The Bertz CT molecular complexity index is 488. The molecule has 2 saturated heterocycles. The summed E-state index contributed by atoms with van der Waals surface area (Å²) in [5, 5.41) is 0. The van der Waals surface area contributed by atoms with Crippen LogP contribution >= 0.6 is 0 Å². The Morgan fingerprint density at radius 1 is 1.27 bits per heavy atom. The monoisotopic (exact) mass is 304 g/mol. The number of hydrogen-bond donors (Lipinski definition) is 0. The van der Waals surface area contributed by atoms with Crippen molar-refractivity contribution >= 4 is 11.9 Å². The first-order valence-corrected chi connectivity index (χ1v) is 8.22. The van der Waals surface area contributed by atoms with Gasteiger partial charge in [-0.3, -0.25) is 4.79 Å². The summed E-state index contributed by atoms with van der Waals surface area (Å²) in [5.41, 5.74) is 0. The molecule has 0 radical (unpaired) electrons. The zero-order chi connectivity index (χ0) is 15.4. The largest absolute Gasteiger partial charge is 0.377 e. The SMILES string of the molecule is CCC1OCCCC1C(=O)N1CCN(c2ncccn2)CC1. The van der Waals surface area contributed by atoms with Crippen molar-refractivity contribution in [2.45, 2.75) is 32.3 Å². The number of nitrogens with zero attached hydrogens (tertiary/aromatic N) is 4. The molecule has 22 heavy (non-hydrogen) atoms. The zero-order valence-electron chi connectivity index (χ0n) is 13.1. The number of anilines is 1. The molecule has 2 aliphatic rings. The average molecular weight is 304 g/mol. The Balaban J connectivity index is 1.57. The van der Waals surface area contributed by atoms with Crippen LogP contribution in [0.2, 0.25) is 0 Å². The summed E-state index contributed by atoms with van der Waals surface area (Å²) in [4.78, 5) is 25.4. The van der Waals surface area contributed by atoms with Crippen LogP contribution in [0.1, 0.15) is 26.2 Å². The van der Waals surface area contributed by atoms with E-state index in [0.717, 1.165) is 58.0 Å². The average Bonchev–Trinajstić information content (AvgIpc) is 2.62. The van der Waals surface area contributed by atoms with Gasteiger partial charge >= 0.3 is 0 Å². The number of rotatable bonds is 3. The van der Waals surface area contributed by atoms with E-state index in [9.17, 15) is 4.79 Å². The van der Waals surface area contributed by atoms with Crippen LogP contribution in [-0.4, -0.2) is 59.7 Å². The lowest BCUT2D eigenvalue weighted by Crippen LogP contribution is -2.53. The number of amides is 1. The molecule has 1 aromatic heterocycles. The molecule has 2 atom stereocenters. The number of piperazine rings is 1. The van der Waals surface area contributed by atoms with Crippen LogP contribution < -0.4 is 4.90 Å². The molecule has 0 aromatic carbocycles. The molecule has 1 amide bonds. The minimum atomic E-state index is 0.0401. The number of ether oxygens (including phenoxy) is 1. The van der Waals surface area contributed by atoms with E-state index in [4.69, 9.17) is 4.74 Å². The van der Waals surface area contributed by atoms with Gasteiger partial charge in [0.15, 0.2) is 0 Å². The predicted molar refractivity (Wildman–Crippen MR) is 83.6 cm³/mol. The fourth-order valence-electron chi connectivity index (χ4n) is 3.34. The van der Waals surface area contributed by atoms with E-state index >= 15 is 0 Å². The van der Waals surface area contributed by atoms with Gasteiger partial charge in [-0.1, -0.05) is 6.92 Å². The van der Waals surface area contributed by atoms with E-state index in [-0.39, 0.29) is 17.9 Å². The number of carbonyl (C=O) groups is 1. The van der Waals surface area contributed by atoms with Gasteiger partial charge in [0.2, 0.25) is 11.9 Å². The van der Waals surface area contributed by atoms with Gasteiger partial charge in [-0.05, 0) is 25.3 Å². The summed E-state index contributed by atoms with van der Waals surface area (Å²) >= 11 is 0. The van der Waals surface area contributed by atoms with Crippen LogP contribution in [0.15, 0.2) is 18.5 Å². The van der Waals surface area contributed by atoms with Crippen molar-refractivity contribution in [3.05, 3.63) is 18.5 Å². The lowest BCUT2D eigenvalue weighted by Gasteiger charge is -2.39. The molecular formula is C16H24N4O2. The van der Waals surface area contributed by atoms with Crippen LogP contribution in [0.5, 0.6) is 0 Å². The quantitative estimate of drug-likeness (QED) is 0.843. The standard InChI is InChI=1S/C16H24N4O2/c1-2-14-13(5-3-12-22-14)15(21)19-8-10-20(11-9-19)16-17-6-4-7-18-16/h4,6-7,13-14H,2-3,5,8-12H2,1H3. The third-order valence-corrected chi connectivity index (χ3v) is 4.59. The lowest BCUT2D eigenvalue weighted by molar-refractivity contribution is -0.145. The topological polar surface area (TPSA) is 58.6 Å². The Kier molecular flexibility index (Phi) is 4.87. The van der Waals surface area contributed by atoms with Crippen LogP contribution in [0.3, 0.4) is 0 Å². The van der Waals surface area contributed by atoms with E-state index < -0.39 is 0 Å². The van der Waals surface area contributed by atoms with Crippen molar-refractivity contribution in [2.24, 2.45) is 5.92 Å². The Morgan fingerprint density at radius 3 is 2.68 bits per heavy atom. The van der Waals surface area contributed by atoms with Gasteiger partial charge < -0.3 is 14.5 Å². The van der Waals surface area contributed by atoms with Crippen LogP contribution in [0.25, 0.3) is 0 Å². The van der Waals surface area contributed by atoms with Gasteiger partial charge in [-0.25, -0.2) is 9.97 Å². The highest BCUT2D eigenvalue weighted by molar-refractivity contribution is 5.79. The molecule has 0 aliphatic carbocycles. The summed E-state index contributed by atoms with van der Waals surface area (Å²) in [6.07, 6.45) is 6.46. The first-order chi connectivity index (χ1) is 10.8. The van der Waals surface area contributed by atoms with E-state index in [1.165, 1.54) is 0 Å². The summed E-state index contributed by atoms with van der Waals surface area (Å²) in [6, 6.07) is 1.82. The highest BCUT2D eigenvalue weighted by Crippen LogP contribution is 2.25. The first-order valence-electron chi connectivity index (χ1n) is 8.22. The molecule has 6 nitrogen and oxygen atoms in total. The maximum absolute atomic E-state index is 12.8.